The van der Waals surface area contributed by atoms with Crippen LogP contribution < -0.4 is 15.5 Å². The third kappa shape index (κ3) is 3.63. The molecule has 1 heterocycles. The van der Waals surface area contributed by atoms with Gasteiger partial charge in [-0.25, -0.2) is 4.79 Å². The van der Waals surface area contributed by atoms with Gasteiger partial charge < -0.3 is 20.6 Å². The zero-order valence-electron chi connectivity index (χ0n) is 12.1. The Balaban J connectivity index is 1.84. The van der Waals surface area contributed by atoms with Crippen LogP contribution in [0.1, 0.15) is 25.3 Å². The van der Waals surface area contributed by atoms with Crippen molar-refractivity contribution in [1.82, 2.24) is 5.32 Å². The average molecular weight is 277 g/mol. The number of likely N-dealkylation sites (N-methyl/N-ethyl adjacent to an activating group) is 1. The van der Waals surface area contributed by atoms with Crippen molar-refractivity contribution in [2.75, 3.05) is 30.4 Å². The molecular weight excluding hydrogens is 254 g/mol. The number of hydrogen-bond donors (Lipinski definition) is 3. The van der Waals surface area contributed by atoms with Crippen molar-refractivity contribution in [2.24, 2.45) is 0 Å². The van der Waals surface area contributed by atoms with Gasteiger partial charge in [0, 0.05) is 31.5 Å². The fourth-order valence-electron chi connectivity index (χ4n) is 2.35. The van der Waals surface area contributed by atoms with Gasteiger partial charge in [-0.2, -0.15) is 0 Å². The molecule has 1 aromatic rings. The topological polar surface area (TPSA) is 64.6 Å². The van der Waals surface area contributed by atoms with Crippen molar-refractivity contribution in [3.05, 3.63) is 23.8 Å². The van der Waals surface area contributed by atoms with Crippen LogP contribution in [0, 0.1) is 0 Å². The van der Waals surface area contributed by atoms with Crippen molar-refractivity contribution < 1.29 is 9.90 Å². The predicted molar refractivity (Wildman–Crippen MR) is 81.4 cm³/mol. The van der Waals surface area contributed by atoms with Gasteiger partial charge in [-0.15, -0.1) is 0 Å². The van der Waals surface area contributed by atoms with Crippen LogP contribution in [-0.4, -0.2) is 37.4 Å². The molecule has 0 radical (unpaired) electrons. The summed E-state index contributed by atoms with van der Waals surface area (Å²) in [6.45, 7) is 3.43. The highest BCUT2D eigenvalue weighted by atomic mass is 16.3. The number of amides is 2. The number of urea groups is 1. The summed E-state index contributed by atoms with van der Waals surface area (Å²) in [5.41, 5.74) is 3.31. The monoisotopic (exact) mass is 277 g/mol. The van der Waals surface area contributed by atoms with Crippen molar-refractivity contribution in [2.45, 2.75) is 32.3 Å². The molecule has 0 fully saturated rings. The van der Waals surface area contributed by atoms with Crippen molar-refractivity contribution in [3.8, 4) is 0 Å². The minimum atomic E-state index is -0.344. The average Bonchev–Trinajstić information content (AvgIpc) is 2.80. The number of nitrogens with one attached hydrogen (secondary N) is 2. The molecule has 0 saturated carbocycles. The molecule has 2 rings (SSSR count). The molecule has 5 heteroatoms. The molecular formula is C15H23N3O2. The van der Waals surface area contributed by atoms with Crippen molar-refractivity contribution >= 4 is 17.4 Å². The molecule has 110 valence electrons. The number of aliphatic hydroxyl groups is 1. The normalized spacial score (nSPS) is 14.8. The van der Waals surface area contributed by atoms with E-state index in [0.29, 0.717) is 19.4 Å². The van der Waals surface area contributed by atoms with Crippen LogP contribution in [-0.2, 0) is 6.42 Å². The maximum atomic E-state index is 11.7. The van der Waals surface area contributed by atoms with Crippen LogP contribution in [0.2, 0.25) is 0 Å². The van der Waals surface area contributed by atoms with Crippen molar-refractivity contribution in [3.63, 3.8) is 0 Å². The molecule has 1 unspecified atom stereocenters. The summed E-state index contributed by atoms with van der Waals surface area (Å²) in [6.07, 6.45) is 2.01. The van der Waals surface area contributed by atoms with E-state index in [-0.39, 0.29) is 12.1 Å². The molecule has 0 aliphatic carbocycles. The predicted octanol–water partition coefficient (Wildman–Crippen LogP) is 1.96. The molecule has 1 aromatic carbocycles. The number of anilines is 2. The summed E-state index contributed by atoms with van der Waals surface area (Å²) < 4.78 is 0. The molecule has 20 heavy (non-hydrogen) atoms. The number of rotatable bonds is 5. The van der Waals surface area contributed by atoms with Gasteiger partial charge in [-0.1, -0.05) is 13.0 Å². The Labute approximate surface area is 120 Å². The van der Waals surface area contributed by atoms with E-state index in [1.807, 2.05) is 19.1 Å². The number of benzene rings is 1. The first-order chi connectivity index (χ1) is 9.60. The summed E-state index contributed by atoms with van der Waals surface area (Å²) >= 11 is 0. The standard InChI is InChI=1S/C15H23N3O2/c1-3-13(19)6-8-16-15(20)17-12-5-4-11-7-9-18(2)14(11)10-12/h4-5,10,13,19H,3,6-9H2,1-2H3,(H2,16,17,20). The highest BCUT2D eigenvalue weighted by Gasteiger charge is 2.16. The Hall–Kier alpha value is -1.75. The molecule has 5 nitrogen and oxygen atoms in total. The van der Waals surface area contributed by atoms with E-state index >= 15 is 0 Å². The fraction of sp³-hybridized carbons (Fsp3) is 0.533. The molecule has 0 aromatic heterocycles. The van der Waals surface area contributed by atoms with E-state index in [1.54, 1.807) is 0 Å². The molecule has 2 amide bonds. The molecule has 3 N–H and O–H groups in total. The summed E-state index contributed by atoms with van der Waals surface area (Å²) in [7, 11) is 2.06. The summed E-state index contributed by atoms with van der Waals surface area (Å²) in [6, 6.07) is 5.77. The molecule has 0 saturated heterocycles. The van der Waals surface area contributed by atoms with Crippen LogP contribution in [0.25, 0.3) is 0 Å². The van der Waals surface area contributed by atoms with Crippen LogP contribution in [0.15, 0.2) is 18.2 Å². The van der Waals surface area contributed by atoms with E-state index in [1.165, 1.54) is 11.3 Å². The lowest BCUT2D eigenvalue weighted by Crippen LogP contribution is -2.31. The third-order valence-electron chi connectivity index (χ3n) is 3.71. The van der Waals surface area contributed by atoms with Gasteiger partial charge in [0.15, 0.2) is 0 Å². The second-order valence-electron chi connectivity index (χ2n) is 5.25. The van der Waals surface area contributed by atoms with E-state index in [9.17, 15) is 9.90 Å². The molecule has 0 spiro atoms. The zero-order valence-corrected chi connectivity index (χ0v) is 12.1. The summed E-state index contributed by atoms with van der Waals surface area (Å²) in [5, 5.41) is 15.0. The van der Waals surface area contributed by atoms with Gasteiger partial charge in [-0.3, -0.25) is 0 Å². The quantitative estimate of drug-likeness (QED) is 0.771. The number of aliphatic hydroxyl groups excluding tert-OH is 1. The number of fused-ring (bicyclic) bond motifs is 1. The van der Waals surface area contributed by atoms with Crippen molar-refractivity contribution in [1.29, 1.82) is 0 Å². The minimum absolute atomic E-state index is 0.228. The fourth-order valence-corrected chi connectivity index (χ4v) is 2.35. The van der Waals surface area contributed by atoms with E-state index in [0.717, 1.165) is 18.7 Å². The molecule has 1 aliphatic heterocycles. The number of hydrogen-bond acceptors (Lipinski definition) is 3. The first-order valence-electron chi connectivity index (χ1n) is 7.17. The SMILES string of the molecule is CCC(O)CCNC(=O)Nc1ccc2c(c1)N(C)CC2. The Morgan fingerprint density at radius 3 is 3.05 bits per heavy atom. The Morgan fingerprint density at radius 2 is 2.30 bits per heavy atom. The first-order valence-corrected chi connectivity index (χ1v) is 7.17. The Bertz CT molecular complexity index is 476. The smallest absolute Gasteiger partial charge is 0.319 e. The zero-order chi connectivity index (χ0) is 14.5. The third-order valence-corrected chi connectivity index (χ3v) is 3.71. The Morgan fingerprint density at radius 1 is 1.50 bits per heavy atom. The minimum Gasteiger partial charge on any atom is -0.393 e. The number of carbonyl (C=O) groups is 1. The van der Waals surface area contributed by atoms with E-state index in [2.05, 4.69) is 28.6 Å². The number of nitrogens with zero attached hydrogens (tertiary/aromatic N) is 1. The second-order valence-corrected chi connectivity index (χ2v) is 5.25. The highest BCUT2D eigenvalue weighted by molar-refractivity contribution is 5.90. The number of carbonyl (C=O) groups excluding carboxylic acids is 1. The van der Waals surface area contributed by atoms with Crippen LogP contribution in [0.5, 0.6) is 0 Å². The lowest BCUT2D eigenvalue weighted by atomic mass is 10.1. The summed E-state index contributed by atoms with van der Waals surface area (Å²) in [5.74, 6) is 0. The maximum absolute atomic E-state index is 11.7. The van der Waals surface area contributed by atoms with Crippen LogP contribution >= 0.6 is 0 Å². The lowest BCUT2D eigenvalue weighted by molar-refractivity contribution is 0.160. The van der Waals surface area contributed by atoms with E-state index in [4.69, 9.17) is 0 Å². The highest BCUT2D eigenvalue weighted by Crippen LogP contribution is 2.29. The van der Waals surface area contributed by atoms with Gasteiger partial charge in [0.25, 0.3) is 0 Å². The van der Waals surface area contributed by atoms with Crippen LogP contribution in [0.3, 0.4) is 0 Å². The van der Waals surface area contributed by atoms with Gasteiger partial charge in [0.2, 0.25) is 0 Å². The second kappa shape index (κ2) is 6.61. The van der Waals surface area contributed by atoms with E-state index < -0.39 is 0 Å². The van der Waals surface area contributed by atoms with Gasteiger partial charge in [0.05, 0.1) is 6.10 Å². The lowest BCUT2D eigenvalue weighted by Gasteiger charge is -2.14. The van der Waals surface area contributed by atoms with Crippen LogP contribution in [0.4, 0.5) is 16.2 Å². The maximum Gasteiger partial charge on any atom is 0.319 e. The summed E-state index contributed by atoms with van der Waals surface area (Å²) in [4.78, 5) is 13.9. The Kier molecular flexibility index (Phi) is 4.84. The first kappa shape index (κ1) is 14.7. The molecule has 1 aliphatic rings. The van der Waals surface area contributed by atoms with Gasteiger partial charge in [-0.05, 0) is 37.0 Å². The molecule has 1 atom stereocenters. The molecule has 0 bridgehead atoms. The van der Waals surface area contributed by atoms with Gasteiger partial charge in [0.1, 0.15) is 0 Å². The largest absolute Gasteiger partial charge is 0.393 e. The van der Waals surface area contributed by atoms with Gasteiger partial charge >= 0.3 is 6.03 Å².